The fraction of sp³-hybridized carbons (Fsp3) is 1.00. The van der Waals surface area contributed by atoms with Crippen LogP contribution in [0.5, 0.6) is 0 Å². The molecule has 15 heavy (non-hydrogen) atoms. The molecule has 0 spiro atoms. The van der Waals surface area contributed by atoms with Crippen LogP contribution in [0.2, 0.25) is 0 Å². The molecule has 1 saturated heterocycles. The molecule has 0 aromatic heterocycles. The summed E-state index contributed by atoms with van der Waals surface area (Å²) >= 11 is 0. The molecule has 0 saturated carbocycles. The van der Waals surface area contributed by atoms with Crippen molar-refractivity contribution in [2.24, 2.45) is 5.73 Å². The Morgan fingerprint density at radius 1 is 1.40 bits per heavy atom. The lowest BCUT2D eigenvalue weighted by atomic mass is 10.0. The van der Waals surface area contributed by atoms with E-state index in [1.807, 2.05) is 6.92 Å². The van der Waals surface area contributed by atoms with E-state index in [1.54, 1.807) is 0 Å². The summed E-state index contributed by atoms with van der Waals surface area (Å²) < 4.78 is 5.69. The minimum absolute atomic E-state index is 0.0573. The van der Waals surface area contributed by atoms with Crippen molar-refractivity contribution in [3.05, 3.63) is 0 Å². The van der Waals surface area contributed by atoms with Crippen LogP contribution in [0.1, 0.15) is 19.8 Å². The van der Waals surface area contributed by atoms with E-state index in [9.17, 15) is 0 Å². The first-order valence-corrected chi connectivity index (χ1v) is 5.53. The number of nitrogens with two attached hydrogens (primary N) is 1. The van der Waals surface area contributed by atoms with Crippen LogP contribution in [0.4, 0.5) is 0 Å². The van der Waals surface area contributed by atoms with E-state index >= 15 is 0 Å². The first-order valence-electron chi connectivity index (χ1n) is 5.53. The highest BCUT2D eigenvalue weighted by Crippen LogP contribution is 2.17. The smallest absolute Gasteiger partial charge is 0.0704 e. The predicted molar refractivity (Wildman–Crippen MR) is 57.5 cm³/mol. The molecule has 3 unspecified atom stereocenters. The lowest BCUT2D eigenvalue weighted by Gasteiger charge is -2.33. The Kier molecular flexibility index (Phi) is 5.49. The van der Waals surface area contributed by atoms with E-state index in [4.69, 9.17) is 20.7 Å². The first kappa shape index (κ1) is 12.9. The van der Waals surface area contributed by atoms with Crippen LogP contribution in [-0.4, -0.2) is 54.3 Å². The number of hydrogen-bond acceptors (Lipinski definition) is 5. The van der Waals surface area contributed by atoms with E-state index in [1.165, 1.54) is 0 Å². The van der Waals surface area contributed by atoms with Gasteiger partial charge in [0, 0.05) is 12.6 Å². The average molecular weight is 218 g/mol. The zero-order chi connectivity index (χ0) is 11.3. The SMILES string of the molecule is CC1OC(CNC(CO)CO)CCC1N. The molecule has 1 aliphatic rings. The quantitative estimate of drug-likeness (QED) is 0.467. The van der Waals surface area contributed by atoms with Crippen LogP contribution >= 0.6 is 0 Å². The largest absolute Gasteiger partial charge is 0.395 e. The summed E-state index contributed by atoms with van der Waals surface area (Å²) in [6.07, 6.45) is 2.13. The van der Waals surface area contributed by atoms with Gasteiger partial charge in [-0.25, -0.2) is 0 Å². The van der Waals surface area contributed by atoms with E-state index in [2.05, 4.69) is 5.32 Å². The Morgan fingerprint density at radius 2 is 2.07 bits per heavy atom. The Labute approximate surface area is 90.6 Å². The minimum Gasteiger partial charge on any atom is -0.395 e. The summed E-state index contributed by atoms with van der Waals surface area (Å²) in [4.78, 5) is 0. The molecule has 0 amide bonds. The molecule has 0 aliphatic carbocycles. The molecule has 1 fully saturated rings. The molecule has 0 radical (unpaired) electrons. The van der Waals surface area contributed by atoms with Gasteiger partial charge in [-0.3, -0.25) is 0 Å². The number of ether oxygens (including phenoxy) is 1. The van der Waals surface area contributed by atoms with Crippen molar-refractivity contribution in [2.45, 2.75) is 44.1 Å². The van der Waals surface area contributed by atoms with Gasteiger partial charge < -0.3 is 26.0 Å². The molecule has 90 valence electrons. The van der Waals surface area contributed by atoms with Gasteiger partial charge in [-0.05, 0) is 19.8 Å². The Hall–Kier alpha value is -0.200. The van der Waals surface area contributed by atoms with Crippen LogP contribution in [0.25, 0.3) is 0 Å². The molecule has 5 N–H and O–H groups in total. The maximum Gasteiger partial charge on any atom is 0.0704 e. The summed E-state index contributed by atoms with van der Waals surface area (Å²) in [7, 11) is 0. The summed E-state index contributed by atoms with van der Waals surface area (Å²) in [6.45, 7) is 2.52. The van der Waals surface area contributed by atoms with E-state index in [0.717, 1.165) is 12.8 Å². The van der Waals surface area contributed by atoms with Gasteiger partial charge in [-0.1, -0.05) is 0 Å². The fourth-order valence-corrected chi connectivity index (χ4v) is 1.72. The lowest BCUT2D eigenvalue weighted by Crippen LogP contribution is -2.48. The number of aliphatic hydroxyl groups excluding tert-OH is 2. The van der Waals surface area contributed by atoms with Crippen LogP contribution in [0, 0.1) is 0 Å². The van der Waals surface area contributed by atoms with Crippen LogP contribution in [-0.2, 0) is 4.74 Å². The van der Waals surface area contributed by atoms with Gasteiger partial charge in [0.15, 0.2) is 0 Å². The fourth-order valence-electron chi connectivity index (χ4n) is 1.72. The second kappa shape index (κ2) is 6.40. The monoisotopic (exact) mass is 218 g/mol. The van der Waals surface area contributed by atoms with Gasteiger partial charge in [-0.2, -0.15) is 0 Å². The van der Waals surface area contributed by atoms with Gasteiger partial charge in [0.2, 0.25) is 0 Å². The molecular weight excluding hydrogens is 196 g/mol. The zero-order valence-corrected chi connectivity index (χ0v) is 9.22. The van der Waals surface area contributed by atoms with Crippen molar-refractivity contribution in [1.29, 1.82) is 0 Å². The molecule has 0 aromatic carbocycles. The standard InChI is InChI=1S/C10H22N2O3/c1-7-10(11)3-2-9(15-7)4-12-8(5-13)6-14/h7-10,12-14H,2-6,11H2,1H3. The van der Waals surface area contributed by atoms with Crippen molar-refractivity contribution in [1.82, 2.24) is 5.32 Å². The third-order valence-electron chi connectivity index (χ3n) is 2.91. The highest BCUT2D eigenvalue weighted by Gasteiger charge is 2.25. The normalized spacial score (nSPS) is 32.2. The number of aliphatic hydroxyl groups is 2. The number of rotatable bonds is 5. The third kappa shape index (κ3) is 4.04. The van der Waals surface area contributed by atoms with Gasteiger partial charge >= 0.3 is 0 Å². The van der Waals surface area contributed by atoms with Gasteiger partial charge in [0.05, 0.1) is 31.5 Å². The van der Waals surface area contributed by atoms with Crippen LogP contribution in [0.3, 0.4) is 0 Å². The van der Waals surface area contributed by atoms with E-state index < -0.39 is 0 Å². The molecule has 0 aromatic rings. The van der Waals surface area contributed by atoms with Gasteiger partial charge in [-0.15, -0.1) is 0 Å². The maximum atomic E-state index is 8.87. The lowest BCUT2D eigenvalue weighted by molar-refractivity contribution is -0.0514. The summed E-state index contributed by atoms with van der Waals surface area (Å²) in [5, 5.41) is 20.8. The molecular formula is C10H22N2O3. The minimum atomic E-state index is -0.250. The molecule has 0 bridgehead atoms. The average Bonchev–Trinajstić information content (AvgIpc) is 2.24. The number of hydrogen-bond donors (Lipinski definition) is 4. The van der Waals surface area contributed by atoms with Gasteiger partial charge in [0.1, 0.15) is 0 Å². The summed E-state index contributed by atoms with van der Waals surface area (Å²) in [5.41, 5.74) is 5.82. The van der Waals surface area contributed by atoms with Crippen LogP contribution in [0.15, 0.2) is 0 Å². The Bertz CT molecular complexity index is 176. The molecule has 1 aliphatic heterocycles. The molecule has 1 rings (SSSR count). The maximum absolute atomic E-state index is 8.87. The zero-order valence-electron chi connectivity index (χ0n) is 9.22. The van der Waals surface area contributed by atoms with Crippen molar-refractivity contribution >= 4 is 0 Å². The van der Waals surface area contributed by atoms with Crippen molar-refractivity contribution in [3.63, 3.8) is 0 Å². The van der Waals surface area contributed by atoms with E-state index in [0.29, 0.717) is 6.54 Å². The highest BCUT2D eigenvalue weighted by atomic mass is 16.5. The molecule has 1 heterocycles. The van der Waals surface area contributed by atoms with Crippen molar-refractivity contribution in [3.8, 4) is 0 Å². The second-order valence-corrected chi connectivity index (χ2v) is 4.17. The molecule has 5 nitrogen and oxygen atoms in total. The summed E-state index contributed by atoms with van der Waals surface area (Å²) in [6, 6.07) is -0.118. The Balaban J connectivity index is 2.22. The van der Waals surface area contributed by atoms with Crippen molar-refractivity contribution < 1.29 is 14.9 Å². The van der Waals surface area contributed by atoms with Crippen molar-refractivity contribution in [2.75, 3.05) is 19.8 Å². The predicted octanol–water partition coefficient (Wildman–Crippen LogP) is -1.18. The Morgan fingerprint density at radius 3 is 2.60 bits per heavy atom. The highest BCUT2D eigenvalue weighted by molar-refractivity contribution is 4.80. The first-order chi connectivity index (χ1) is 7.17. The topological polar surface area (TPSA) is 87.7 Å². The molecule has 3 atom stereocenters. The van der Waals surface area contributed by atoms with Crippen LogP contribution < -0.4 is 11.1 Å². The molecule has 5 heteroatoms. The number of nitrogens with one attached hydrogen (secondary N) is 1. The second-order valence-electron chi connectivity index (χ2n) is 4.17. The summed E-state index contributed by atoms with van der Waals surface area (Å²) in [5.74, 6) is 0. The third-order valence-corrected chi connectivity index (χ3v) is 2.91. The van der Waals surface area contributed by atoms with E-state index in [-0.39, 0.29) is 37.5 Å². The van der Waals surface area contributed by atoms with Gasteiger partial charge in [0.25, 0.3) is 0 Å².